The van der Waals surface area contributed by atoms with Gasteiger partial charge < -0.3 is 10.5 Å². The maximum absolute atomic E-state index is 12.6. The van der Waals surface area contributed by atoms with Gasteiger partial charge in [-0.25, -0.2) is 8.42 Å². The highest BCUT2D eigenvalue weighted by atomic mass is 32.2. The van der Waals surface area contributed by atoms with E-state index in [1.54, 1.807) is 16.4 Å². The molecule has 1 heterocycles. The Morgan fingerprint density at radius 3 is 2.79 bits per heavy atom. The summed E-state index contributed by atoms with van der Waals surface area (Å²) >= 11 is 0. The topological polar surface area (TPSA) is 72.6 Å². The summed E-state index contributed by atoms with van der Waals surface area (Å²) in [4.78, 5) is 0.242. The van der Waals surface area contributed by atoms with Gasteiger partial charge in [0.15, 0.2) is 0 Å². The number of hydrogen-bond acceptors (Lipinski definition) is 4. The number of nitrogens with two attached hydrogens (primary N) is 1. The molecule has 1 aliphatic heterocycles. The lowest BCUT2D eigenvalue weighted by Gasteiger charge is -2.23. The fourth-order valence-corrected chi connectivity index (χ4v) is 4.34. The van der Waals surface area contributed by atoms with E-state index in [9.17, 15) is 8.42 Å². The fraction of sp³-hybridized carbons (Fsp3) is 0.538. The SMILES string of the molecule is CCC1CCCN1S(=O)(=O)c1ccc(OC)c(N)c1. The van der Waals surface area contributed by atoms with Crippen molar-refractivity contribution in [2.24, 2.45) is 0 Å². The average Bonchev–Trinajstić information content (AvgIpc) is 2.87. The molecule has 1 aliphatic rings. The van der Waals surface area contributed by atoms with Gasteiger partial charge in [-0.3, -0.25) is 0 Å². The molecular formula is C13H20N2O3S. The van der Waals surface area contributed by atoms with Gasteiger partial charge in [0.1, 0.15) is 5.75 Å². The molecule has 0 aliphatic carbocycles. The average molecular weight is 284 g/mol. The van der Waals surface area contributed by atoms with Gasteiger partial charge in [0, 0.05) is 12.6 Å². The molecule has 1 aromatic rings. The Balaban J connectivity index is 2.37. The summed E-state index contributed by atoms with van der Waals surface area (Å²) in [6.45, 7) is 2.60. The van der Waals surface area contributed by atoms with E-state index >= 15 is 0 Å². The van der Waals surface area contributed by atoms with Crippen molar-refractivity contribution in [2.75, 3.05) is 19.4 Å². The number of hydrogen-bond donors (Lipinski definition) is 1. The standard InChI is InChI=1S/C13H20N2O3S/c1-3-10-5-4-8-15(10)19(16,17)11-6-7-13(18-2)12(14)9-11/h6-7,9-10H,3-5,8,14H2,1-2H3. The number of methoxy groups -OCH3 is 1. The molecule has 0 saturated carbocycles. The molecule has 0 spiro atoms. The van der Waals surface area contributed by atoms with E-state index in [0.717, 1.165) is 19.3 Å². The minimum absolute atomic E-state index is 0.105. The Kier molecular flexibility index (Phi) is 4.01. The lowest BCUT2D eigenvalue weighted by molar-refractivity contribution is 0.379. The molecule has 0 bridgehead atoms. The van der Waals surface area contributed by atoms with E-state index in [-0.39, 0.29) is 10.9 Å². The van der Waals surface area contributed by atoms with Crippen LogP contribution in [-0.4, -0.2) is 32.4 Å². The van der Waals surface area contributed by atoms with Crippen LogP contribution in [0.2, 0.25) is 0 Å². The third kappa shape index (κ3) is 2.55. The van der Waals surface area contributed by atoms with Crippen LogP contribution in [0.5, 0.6) is 5.75 Å². The van der Waals surface area contributed by atoms with Crippen LogP contribution < -0.4 is 10.5 Å². The molecule has 1 unspecified atom stereocenters. The predicted molar refractivity (Wildman–Crippen MR) is 74.6 cm³/mol. The Bertz CT molecular complexity index is 557. The van der Waals surface area contributed by atoms with E-state index in [2.05, 4.69) is 0 Å². The zero-order valence-electron chi connectivity index (χ0n) is 11.3. The molecule has 0 amide bonds. The minimum atomic E-state index is -3.45. The molecule has 1 saturated heterocycles. The summed E-state index contributed by atoms with van der Waals surface area (Å²) < 4.78 is 31.8. The van der Waals surface area contributed by atoms with Crippen molar-refractivity contribution in [2.45, 2.75) is 37.1 Å². The van der Waals surface area contributed by atoms with Crippen molar-refractivity contribution in [3.63, 3.8) is 0 Å². The first-order valence-corrected chi connectivity index (χ1v) is 7.90. The Morgan fingerprint density at radius 1 is 1.47 bits per heavy atom. The second kappa shape index (κ2) is 5.38. The highest BCUT2D eigenvalue weighted by Gasteiger charge is 2.34. The first kappa shape index (κ1) is 14.1. The molecule has 6 heteroatoms. The molecule has 19 heavy (non-hydrogen) atoms. The fourth-order valence-electron chi connectivity index (χ4n) is 2.54. The van der Waals surface area contributed by atoms with Crippen molar-refractivity contribution in [3.8, 4) is 5.75 Å². The van der Waals surface area contributed by atoms with E-state index in [0.29, 0.717) is 18.0 Å². The van der Waals surface area contributed by atoms with E-state index in [1.807, 2.05) is 6.92 Å². The molecule has 5 nitrogen and oxygen atoms in total. The molecule has 0 aromatic heterocycles. The van der Waals surface area contributed by atoms with E-state index < -0.39 is 10.0 Å². The Labute approximate surface area is 114 Å². The van der Waals surface area contributed by atoms with Gasteiger partial charge in [0.05, 0.1) is 17.7 Å². The summed E-state index contributed by atoms with van der Waals surface area (Å²) in [5.41, 5.74) is 6.13. The molecule has 106 valence electrons. The van der Waals surface area contributed by atoms with Crippen LogP contribution >= 0.6 is 0 Å². The van der Waals surface area contributed by atoms with Crippen LogP contribution in [0, 0.1) is 0 Å². The molecule has 0 radical (unpaired) electrons. The van der Waals surface area contributed by atoms with Gasteiger partial charge in [-0.05, 0) is 37.5 Å². The Hall–Kier alpha value is -1.27. The molecular weight excluding hydrogens is 264 g/mol. The molecule has 1 aromatic carbocycles. The first-order chi connectivity index (χ1) is 9.00. The van der Waals surface area contributed by atoms with Gasteiger partial charge >= 0.3 is 0 Å². The quantitative estimate of drug-likeness (QED) is 0.856. The van der Waals surface area contributed by atoms with Gasteiger partial charge in [-0.15, -0.1) is 0 Å². The highest BCUT2D eigenvalue weighted by Crippen LogP contribution is 2.30. The first-order valence-electron chi connectivity index (χ1n) is 6.46. The zero-order chi connectivity index (χ0) is 14.0. The molecule has 2 N–H and O–H groups in total. The smallest absolute Gasteiger partial charge is 0.243 e. The van der Waals surface area contributed by atoms with Crippen molar-refractivity contribution in [1.82, 2.24) is 4.31 Å². The number of rotatable bonds is 4. The van der Waals surface area contributed by atoms with Crippen LogP contribution in [0.15, 0.2) is 23.1 Å². The lowest BCUT2D eigenvalue weighted by atomic mass is 10.2. The van der Waals surface area contributed by atoms with Gasteiger partial charge in [0.25, 0.3) is 0 Å². The van der Waals surface area contributed by atoms with Crippen LogP contribution in [0.1, 0.15) is 26.2 Å². The number of benzene rings is 1. The minimum Gasteiger partial charge on any atom is -0.495 e. The normalized spacial score (nSPS) is 20.6. The van der Waals surface area contributed by atoms with Crippen molar-refractivity contribution >= 4 is 15.7 Å². The lowest BCUT2D eigenvalue weighted by Crippen LogP contribution is -2.35. The van der Waals surface area contributed by atoms with Gasteiger partial charge in [-0.2, -0.15) is 4.31 Å². The van der Waals surface area contributed by atoms with E-state index in [4.69, 9.17) is 10.5 Å². The second-order valence-corrected chi connectivity index (χ2v) is 6.61. The number of nitrogen functional groups attached to an aromatic ring is 1. The largest absolute Gasteiger partial charge is 0.495 e. The van der Waals surface area contributed by atoms with Crippen molar-refractivity contribution < 1.29 is 13.2 Å². The molecule has 1 atom stereocenters. The maximum atomic E-state index is 12.6. The number of anilines is 1. The maximum Gasteiger partial charge on any atom is 0.243 e. The summed E-state index contributed by atoms with van der Waals surface area (Å²) in [5, 5.41) is 0. The number of ether oxygens (including phenoxy) is 1. The number of sulfonamides is 1. The number of nitrogens with zero attached hydrogens (tertiary/aromatic N) is 1. The summed E-state index contributed by atoms with van der Waals surface area (Å²) in [5.74, 6) is 0.493. The van der Waals surface area contributed by atoms with Gasteiger partial charge in [-0.1, -0.05) is 6.92 Å². The molecule has 2 rings (SSSR count). The van der Waals surface area contributed by atoms with Crippen molar-refractivity contribution in [3.05, 3.63) is 18.2 Å². The monoisotopic (exact) mass is 284 g/mol. The third-order valence-electron chi connectivity index (χ3n) is 3.60. The second-order valence-electron chi connectivity index (χ2n) is 4.72. The Morgan fingerprint density at radius 2 is 2.21 bits per heavy atom. The highest BCUT2D eigenvalue weighted by molar-refractivity contribution is 7.89. The summed E-state index contributed by atoms with van der Waals surface area (Å²) in [7, 11) is -1.94. The predicted octanol–water partition coefficient (Wildman–Crippen LogP) is 1.84. The van der Waals surface area contributed by atoms with E-state index in [1.165, 1.54) is 13.2 Å². The van der Waals surface area contributed by atoms with Crippen LogP contribution in [0.4, 0.5) is 5.69 Å². The zero-order valence-corrected chi connectivity index (χ0v) is 12.1. The van der Waals surface area contributed by atoms with Crippen LogP contribution in [0.3, 0.4) is 0 Å². The molecule has 1 fully saturated rings. The van der Waals surface area contributed by atoms with Crippen LogP contribution in [-0.2, 0) is 10.0 Å². The summed E-state index contributed by atoms with van der Waals surface area (Å²) in [6.07, 6.45) is 2.69. The van der Waals surface area contributed by atoms with Gasteiger partial charge in [0.2, 0.25) is 10.0 Å². The third-order valence-corrected chi connectivity index (χ3v) is 5.55. The van der Waals surface area contributed by atoms with Crippen molar-refractivity contribution in [1.29, 1.82) is 0 Å². The summed E-state index contributed by atoms with van der Waals surface area (Å²) in [6, 6.07) is 4.72. The van der Waals surface area contributed by atoms with Crippen LogP contribution in [0.25, 0.3) is 0 Å².